The first kappa shape index (κ1) is 15.6. The van der Waals surface area contributed by atoms with Crippen molar-refractivity contribution in [3.05, 3.63) is 33.8 Å². The molecule has 1 saturated heterocycles. The summed E-state index contributed by atoms with van der Waals surface area (Å²) in [6.45, 7) is 3.34. The van der Waals surface area contributed by atoms with Crippen LogP contribution in [0.2, 0.25) is 10.0 Å². The molecule has 1 fully saturated rings. The van der Waals surface area contributed by atoms with Crippen LogP contribution in [0.5, 0.6) is 0 Å². The Kier molecular flexibility index (Phi) is 4.95. The van der Waals surface area contributed by atoms with Gasteiger partial charge in [-0.2, -0.15) is 0 Å². The lowest BCUT2D eigenvalue weighted by Crippen LogP contribution is -2.50. The Morgan fingerprint density at radius 1 is 1.15 bits per heavy atom. The molecule has 110 valence electrons. The van der Waals surface area contributed by atoms with Gasteiger partial charge in [-0.05, 0) is 50.6 Å². The topological polar surface area (TPSA) is 40.5 Å². The van der Waals surface area contributed by atoms with Crippen LogP contribution in [-0.4, -0.2) is 29.1 Å². The molecule has 0 aliphatic carbocycles. The summed E-state index contributed by atoms with van der Waals surface area (Å²) < 4.78 is 0. The van der Waals surface area contributed by atoms with Crippen LogP contribution in [0.25, 0.3) is 0 Å². The fourth-order valence-electron chi connectivity index (χ4n) is 2.76. The number of halogens is 2. The normalized spacial score (nSPS) is 20.1. The van der Waals surface area contributed by atoms with Gasteiger partial charge in [-0.25, -0.2) is 4.79 Å². The zero-order valence-electron chi connectivity index (χ0n) is 11.5. The van der Waals surface area contributed by atoms with Crippen molar-refractivity contribution in [2.75, 3.05) is 13.1 Å². The third kappa shape index (κ3) is 2.95. The van der Waals surface area contributed by atoms with E-state index in [0.717, 1.165) is 38.8 Å². The van der Waals surface area contributed by atoms with Crippen LogP contribution in [0.1, 0.15) is 38.2 Å². The molecule has 0 bridgehead atoms. The summed E-state index contributed by atoms with van der Waals surface area (Å²) in [5, 5.41) is 10.6. The van der Waals surface area contributed by atoms with Crippen LogP contribution in [0, 0.1) is 0 Å². The Bertz CT molecular complexity index is 499. The van der Waals surface area contributed by atoms with Crippen LogP contribution in [-0.2, 0) is 10.3 Å². The molecule has 0 aromatic heterocycles. The lowest BCUT2D eigenvalue weighted by Gasteiger charge is -2.37. The van der Waals surface area contributed by atoms with E-state index in [-0.39, 0.29) is 0 Å². The second-order valence-corrected chi connectivity index (χ2v) is 6.22. The van der Waals surface area contributed by atoms with E-state index >= 15 is 0 Å². The summed E-state index contributed by atoms with van der Waals surface area (Å²) in [5.74, 6) is -0.849. The van der Waals surface area contributed by atoms with Gasteiger partial charge in [0.15, 0.2) is 0 Å². The summed E-state index contributed by atoms with van der Waals surface area (Å²) >= 11 is 12.0. The molecule has 0 amide bonds. The number of carboxylic acids is 1. The highest BCUT2D eigenvalue weighted by molar-refractivity contribution is 6.42. The van der Waals surface area contributed by atoms with E-state index in [2.05, 4.69) is 0 Å². The van der Waals surface area contributed by atoms with E-state index in [0.29, 0.717) is 15.6 Å². The Morgan fingerprint density at radius 2 is 1.75 bits per heavy atom. The van der Waals surface area contributed by atoms with E-state index < -0.39 is 11.5 Å². The fourth-order valence-corrected chi connectivity index (χ4v) is 3.06. The molecule has 0 radical (unpaired) electrons. The van der Waals surface area contributed by atoms with Crippen molar-refractivity contribution < 1.29 is 9.90 Å². The quantitative estimate of drug-likeness (QED) is 0.910. The van der Waals surface area contributed by atoms with Crippen molar-refractivity contribution >= 4 is 29.2 Å². The number of aliphatic carboxylic acids is 1. The highest BCUT2D eigenvalue weighted by Gasteiger charge is 2.41. The van der Waals surface area contributed by atoms with Crippen molar-refractivity contribution in [3.8, 4) is 0 Å². The molecule has 1 atom stereocenters. The molecule has 0 saturated carbocycles. The van der Waals surface area contributed by atoms with Gasteiger partial charge in [0, 0.05) is 0 Å². The number of likely N-dealkylation sites (tertiary alicyclic amines) is 1. The number of rotatable bonds is 3. The number of hydrogen-bond acceptors (Lipinski definition) is 2. The average molecular weight is 316 g/mol. The second-order valence-electron chi connectivity index (χ2n) is 5.41. The van der Waals surface area contributed by atoms with Gasteiger partial charge in [0.05, 0.1) is 10.0 Å². The van der Waals surface area contributed by atoms with E-state index in [1.54, 1.807) is 25.1 Å². The number of benzene rings is 1. The molecule has 2 rings (SSSR count). The molecule has 5 heteroatoms. The zero-order chi connectivity index (χ0) is 14.8. The van der Waals surface area contributed by atoms with Gasteiger partial charge in [-0.15, -0.1) is 0 Å². The molecule has 1 heterocycles. The molecule has 1 aliphatic rings. The lowest BCUT2D eigenvalue weighted by molar-refractivity contribution is -0.151. The van der Waals surface area contributed by atoms with E-state index in [1.807, 2.05) is 4.90 Å². The molecule has 20 heavy (non-hydrogen) atoms. The van der Waals surface area contributed by atoms with E-state index in [4.69, 9.17) is 23.2 Å². The monoisotopic (exact) mass is 315 g/mol. The predicted molar refractivity (Wildman–Crippen MR) is 81.5 cm³/mol. The summed E-state index contributed by atoms with van der Waals surface area (Å²) in [4.78, 5) is 14.0. The van der Waals surface area contributed by atoms with Crippen molar-refractivity contribution in [1.82, 2.24) is 4.90 Å². The number of carbonyl (C=O) groups is 1. The molecule has 1 aliphatic heterocycles. The Balaban J connectivity index is 2.41. The molecule has 1 aromatic carbocycles. The molecule has 1 unspecified atom stereocenters. The highest BCUT2D eigenvalue weighted by atomic mass is 35.5. The first-order valence-corrected chi connectivity index (χ1v) is 7.66. The number of hydrogen-bond donors (Lipinski definition) is 1. The molecule has 0 spiro atoms. The SMILES string of the molecule is CC(C(=O)O)(c1ccc(Cl)c(Cl)c1)N1CCCCCC1. The number of carboxylic acid groups (broad SMARTS) is 1. The molecule has 1 N–H and O–H groups in total. The van der Waals surface area contributed by atoms with Gasteiger partial charge in [0.1, 0.15) is 5.54 Å². The summed E-state index contributed by atoms with van der Waals surface area (Å²) in [7, 11) is 0. The van der Waals surface area contributed by atoms with Crippen LogP contribution in [0.15, 0.2) is 18.2 Å². The first-order valence-electron chi connectivity index (χ1n) is 6.90. The Hall–Kier alpha value is -0.770. The third-order valence-corrected chi connectivity index (χ3v) is 4.88. The smallest absolute Gasteiger partial charge is 0.328 e. The Morgan fingerprint density at radius 3 is 2.25 bits per heavy atom. The second kappa shape index (κ2) is 6.33. The average Bonchev–Trinajstić information content (AvgIpc) is 2.70. The summed E-state index contributed by atoms with van der Waals surface area (Å²) in [6, 6.07) is 5.09. The zero-order valence-corrected chi connectivity index (χ0v) is 13.0. The maximum Gasteiger partial charge on any atom is 0.328 e. The van der Waals surface area contributed by atoms with Crippen LogP contribution in [0.3, 0.4) is 0 Å². The lowest BCUT2D eigenvalue weighted by atomic mass is 9.89. The van der Waals surface area contributed by atoms with Crippen LogP contribution >= 0.6 is 23.2 Å². The summed E-state index contributed by atoms with van der Waals surface area (Å²) in [5.41, 5.74) is -0.375. The highest BCUT2D eigenvalue weighted by Crippen LogP contribution is 2.34. The minimum Gasteiger partial charge on any atom is -0.480 e. The first-order chi connectivity index (χ1) is 9.46. The maximum absolute atomic E-state index is 11.9. The third-order valence-electron chi connectivity index (χ3n) is 4.14. The van der Waals surface area contributed by atoms with Crippen molar-refractivity contribution in [2.24, 2.45) is 0 Å². The maximum atomic E-state index is 11.9. The van der Waals surface area contributed by atoms with Crippen LogP contribution in [0.4, 0.5) is 0 Å². The van der Waals surface area contributed by atoms with Gasteiger partial charge in [0.2, 0.25) is 0 Å². The Labute approximate surface area is 129 Å². The number of nitrogens with zero attached hydrogens (tertiary/aromatic N) is 1. The summed E-state index contributed by atoms with van der Waals surface area (Å²) in [6.07, 6.45) is 4.38. The molecular formula is C15H19Cl2NO2. The minimum absolute atomic E-state index is 0.395. The van der Waals surface area contributed by atoms with Crippen LogP contribution < -0.4 is 0 Å². The fraction of sp³-hybridized carbons (Fsp3) is 0.533. The van der Waals surface area contributed by atoms with E-state index in [9.17, 15) is 9.90 Å². The molecule has 3 nitrogen and oxygen atoms in total. The molecule has 1 aromatic rings. The van der Waals surface area contributed by atoms with Gasteiger partial charge < -0.3 is 5.11 Å². The van der Waals surface area contributed by atoms with E-state index in [1.165, 1.54) is 0 Å². The van der Waals surface area contributed by atoms with Gasteiger partial charge in [0.25, 0.3) is 0 Å². The van der Waals surface area contributed by atoms with Crippen molar-refractivity contribution in [1.29, 1.82) is 0 Å². The largest absolute Gasteiger partial charge is 0.480 e. The van der Waals surface area contributed by atoms with Gasteiger partial charge in [-0.1, -0.05) is 42.1 Å². The standard InChI is InChI=1S/C15H19Cl2NO2/c1-15(14(19)20,18-8-4-2-3-5-9-18)11-6-7-12(16)13(17)10-11/h6-7,10H,2-5,8-9H2,1H3,(H,19,20). The predicted octanol–water partition coefficient (Wildman–Crippen LogP) is 4.17. The minimum atomic E-state index is -1.06. The van der Waals surface area contributed by atoms with Gasteiger partial charge in [-0.3, -0.25) is 4.90 Å². The van der Waals surface area contributed by atoms with Crippen molar-refractivity contribution in [2.45, 2.75) is 38.1 Å². The van der Waals surface area contributed by atoms with Crippen molar-refractivity contribution in [3.63, 3.8) is 0 Å². The van der Waals surface area contributed by atoms with Gasteiger partial charge >= 0.3 is 5.97 Å². The molecular weight excluding hydrogens is 297 g/mol.